The van der Waals surface area contributed by atoms with E-state index in [9.17, 15) is 9.59 Å². The Kier molecular flexibility index (Phi) is 5.53. The van der Waals surface area contributed by atoms with E-state index in [0.29, 0.717) is 6.54 Å². The molecule has 1 aromatic rings. The number of aromatic nitrogens is 1. The van der Waals surface area contributed by atoms with Gasteiger partial charge in [0.05, 0.1) is 6.54 Å². The predicted molar refractivity (Wildman–Crippen MR) is 75.7 cm³/mol. The minimum absolute atomic E-state index is 0.0150. The minimum atomic E-state index is -0.169. The molecule has 0 aromatic carbocycles. The number of pyridine rings is 1. The van der Waals surface area contributed by atoms with E-state index in [-0.39, 0.29) is 24.3 Å². The number of amides is 2. The van der Waals surface area contributed by atoms with Crippen LogP contribution >= 0.6 is 0 Å². The van der Waals surface area contributed by atoms with Crippen LogP contribution in [-0.2, 0) is 16.1 Å². The van der Waals surface area contributed by atoms with Crippen molar-refractivity contribution in [3.63, 3.8) is 0 Å². The van der Waals surface area contributed by atoms with E-state index in [0.717, 1.165) is 31.2 Å². The fraction of sp³-hybridized carbons (Fsp3) is 0.533. The molecule has 20 heavy (non-hydrogen) atoms. The fourth-order valence-electron chi connectivity index (χ4n) is 2.44. The molecule has 5 heteroatoms. The molecule has 0 bridgehead atoms. The zero-order chi connectivity index (χ0) is 14.2. The summed E-state index contributed by atoms with van der Waals surface area (Å²) in [7, 11) is 0. The van der Waals surface area contributed by atoms with E-state index in [1.165, 1.54) is 6.42 Å². The summed E-state index contributed by atoms with van der Waals surface area (Å²) in [6.07, 6.45) is 8.74. The maximum absolute atomic E-state index is 11.9. The first kappa shape index (κ1) is 14.5. The molecule has 1 aliphatic carbocycles. The number of hydrogen-bond acceptors (Lipinski definition) is 3. The van der Waals surface area contributed by atoms with Crippen LogP contribution in [0.25, 0.3) is 0 Å². The van der Waals surface area contributed by atoms with Gasteiger partial charge < -0.3 is 10.6 Å². The molecule has 0 atom stereocenters. The number of carbonyl (C=O) groups is 2. The first-order chi connectivity index (χ1) is 9.75. The highest BCUT2D eigenvalue weighted by Crippen LogP contribution is 2.23. The van der Waals surface area contributed by atoms with Gasteiger partial charge >= 0.3 is 0 Å². The summed E-state index contributed by atoms with van der Waals surface area (Å²) < 4.78 is 0. The third-order valence-electron chi connectivity index (χ3n) is 3.61. The van der Waals surface area contributed by atoms with Gasteiger partial charge in [0, 0.05) is 24.9 Å². The quantitative estimate of drug-likeness (QED) is 0.853. The van der Waals surface area contributed by atoms with Crippen LogP contribution in [0, 0.1) is 5.92 Å². The summed E-state index contributed by atoms with van der Waals surface area (Å²) in [6, 6.07) is 3.72. The van der Waals surface area contributed by atoms with Gasteiger partial charge in [-0.3, -0.25) is 14.6 Å². The van der Waals surface area contributed by atoms with Gasteiger partial charge in [0.25, 0.3) is 0 Å². The van der Waals surface area contributed by atoms with Crippen molar-refractivity contribution in [2.75, 3.05) is 6.54 Å². The third-order valence-corrected chi connectivity index (χ3v) is 3.61. The van der Waals surface area contributed by atoms with Gasteiger partial charge in [-0.2, -0.15) is 0 Å². The molecule has 1 aliphatic rings. The second-order valence-corrected chi connectivity index (χ2v) is 5.19. The van der Waals surface area contributed by atoms with Crippen molar-refractivity contribution in [1.82, 2.24) is 15.6 Å². The Morgan fingerprint density at radius 2 is 2.00 bits per heavy atom. The van der Waals surface area contributed by atoms with E-state index in [1.807, 2.05) is 12.1 Å². The van der Waals surface area contributed by atoms with Gasteiger partial charge in [-0.1, -0.05) is 25.3 Å². The highest BCUT2D eigenvalue weighted by atomic mass is 16.2. The van der Waals surface area contributed by atoms with Crippen LogP contribution in [0.4, 0.5) is 0 Å². The van der Waals surface area contributed by atoms with E-state index >= 15 is 0 Å². The normalized spacial score (nSPS) is 15.6. The van der Waals surface area contributed by atoms with Gasteiger partial charge in [0.2, 0.25) is 11.8 Å². The van der Waals surface area contributed by atoms with Crippen LogP contribution in [-0.4, -0.2) is 23.3 Å². The standard InChI is InChI=1S/C15H21N3O2/c19-14(17-10-12-5-4-8-16-9-12)11-18-15(20)13-6-2-1-3-7-13/h4-5,8-9,13H,1-3,6-7,10-11H2,(H,17,19)(H,18,20). The number of hydrogen-bond donors (Lipinski definition) is 2. The summed E-state index contributed by atoms with van der Waals surface area (Å²) in [5.41, 5.74) is 0.944. The van der Waals surface area contributed by atoms with E-state index in [4.69, 9.17) is 0 Å². The second kappa shape index (κ2) is 7.62. The molecule has 0 unspecified atom stereocenters. The summed E-state index contributed by atoms with van der Waals surface area (Å²) >= 11 is 0. The first-order valence-electron chi connectivity index (χ1n) is 7.19. The molecule has 0 spiro atoms. The average molecular weight is 275 g/mol. The summed E-state index contributed by atoms with van der Waals surface area (Å²) in [6.45, 7) is 0.488. The topological polar surface area (TPSA) is 71.1 Å². The number of rotatable bonds is 5. The molecule has 0 saturated heterocycles. The summed E-state index contributed by atoms with van der Waals surface area (Å²) in [4.78, 5) is 27.5. The lowest BCUT2D eigenvalue weighted by atomic mass is 9.89. The Morgan fingerprint density at radius 3 is 2.70 bits per heavy atom. The van der Waals surface area contributed by atoms with Crippen molar-refractivity contribution < 1.29 is 9.59 Å². The van der Waals surface area contributed by atoms with E-state index < -0.39 is 0 Å². The minimum Gasteiger partial charge on any atom is -0.350 e. The number of nitrogens with zero attached hydrogens (tertiary/aromatic N) is 1. The van der Waals surface area contributed by atoms with Gasteiger partial charge in [-0.25, -0.2) is 0 Å². The lowest BCUT2D eigenvalue weighted by molar-refractivity contribution is -0.129. The molecule has 2 amide bonds. The maximum atomic E-state index is 11.9. The van der Waals surface area contributed by atoms with Crippen molar-refractivity contribution >= 4 is 11.8 Å². The van der Waals surface area contributed by atoms with Gasteiger partial charge in [-0.15, -0.1) is 0 Å². The van der Waals surface area contributed by atoms with Crippen LogP contribution in [0.1, 0.15) is 37.7 Å². The molecular formula is C15H21N3O2. The van der Waals surface area contributed by atoms with Crippen LogP contribution in [0.15, 0.2) is 24.5 Å². The van der Waals surface area contributed by atoms with Crippen LogP contribution in [0.3, 0.4) is 0 Å². The Bertz CT molecular complexity index is 442. The van der Waals surface area contributed by atoms with Crippen molar-refractivity contribution in [1.29, 1.82) is 0 Å². The fourth-order valence-corrected chi connectivity index (χ4v) is 2.44. The zero-order valence-corrected chi connectivity index (χ0v) is 11.6. The second-order valence-electron chi connectivity index (χ2n) is 5.19. The molecule has 1 heterocycles. The number of carbonyl (C=O) groups excluding carboxylic acids is 2. The molecule has 2 N–H and O–H groups in total. The highest BCUT2D eigenvalue weighted by Gasteiger charge is 2.21. The van der Waals surface area contributed by atoms with Crippen LogP contribution < -0.4 is 10.6 Å². The first-order valence-corrected chi connectivity index (χ1v) is 7.19. The van der Waals surface area contributed by atoms with Crippen molar-refractivity contribution in [3.8, 4) is 0 Å². The highest BCUT2D eigenvalue weighted by molar-refractivity contribution is 5.85. The Balaban J connectivity index is 1.65. The lowest BCUT2D eigenvalue weighted by Crippen LogP contribution is -2.39. The molecule has 5 nitrogen and oxygen atoms in total. The van der Waals surface area contributed by atoms with Gasteiger partial charge in [0.1, 0.15) is 0 Å². The molecule has 1 fully saturated rings. The summed E-state index contributed by atoms with van der Waals surface area (Å²) in [5.74, 6) is -0.0610. The molecule has 0 radical (unpaired) electrons. The Hall–Kier alpha value is -1.91. The predicted octanol–water partition coefficient (Wildman–Crippen LogP) is 1.39. The van der Waals surface area contributed by atoms with Gasteiger partial charge in [-0.05, 0) is 24.5 Å². The van der Waals surface area contributed by atoms with Crippen molar-refractivity contribution in [2.45, 2.75) is 38.6 Å². The number of nitrogens with one attached hydrogen (secondary N) is 2. The maximum Gasteiger partial charge on any atom is 0.239 e. The van der Waals surface area contributed by atoms with Crippen LogP contribution in [0.2, 0.25) is 0 Å². The molecule has 108 valence electrons. The molecule has 1 saturated carbocycles. The average Bonchev–Trinajstić information content (AvgIpc) is 2.52. The SMILES string of the molecule is O=C(CNC(=O)C1CCCCC1)NCc1cccnc1. The lowest BCUT2D eigenvalue weighted by Gasteiger charge is -2.20. The molecular weight excluding hydrogens is 254 g/mol. The summed E-state index contributed by atoms with van der Waals surface area (Å²) in [5, 5.41) is 5.49. The van der Waals surface area contributed by atoms with Crippen molar-refractivity contribution in [2.24, 2.45) is 5.92 Å². The van der Waals surface area contributed by atoms with Crippen molar-refractivity contribution in [3.05, 3.63) is 30.1 Å². The molecule has 2 rings (SSSR count). The Morgan fingerprint density at radius 1 is 1.20 bits per heavy atom. The van der Waals surface area contributed by atoms with Gasteiger partial charge in [0.15, 0.2) is 0 Å². The molecule has 0 aliphatic heterocycles. The Labute approximate surface area is 119 Å². The van der Waals surface area contributed by atoms with Crippen LogP contribution in [0.5, 0.6) is 0 Å². The largest absolute Gasteiger partial charge is 0.350 e. The smallest absolute Gasteiger partial charge is 0.239 e. The monoisotopic (exact) mass is 275 g/mol. The third kappa shape index (κ3) is 4.64. The zero-order valence-electron chi connectivity index (χ0n) is 11.6. The molecule has 1 aromatic heterocycles. The van der Waals surface area contributed by atoms with E-state index in [2.05, 4.69) is 15.6 Å². The van der Waals surface area contributed by atoms with E-state index in [1.54, 1.807) is 12.4 Å².